The molecule has 4 rings (SSSR count). The van der Waals surface area contributed by atoms with Crippen LogP contribution < -0.4 is 0 Å². The standard InChI is InChI=1S/C23H31N3O2/c1-25(2)22(27)23(13-8-14-26(17-23)19-11-6-7-12-19)16-20-15-21(24-28-20)18-9-4-3-5-10-18/h3-5,9-10,15,19H,6-8,11-14,16-17H2,1-2H3/t23-/m1/s1. The van der Waals surface area contributed by atoms with Gasteiger partial charge in [0.25, 0.3) is 0 Å². The van der Waals surface area contributed by atoms with Crippen molar-refractivity contribution in [2.24, 2.45) is 5.41 Å². The highest BCUT2D eigenvalue weighted by molar-refractivity contribution is 5.83. The Balaban J connectivity index is 1.58. The van der Waals surface area contributed by atoms with E-state index in [1.165, 1.54) is 25.7 Å². The zero-order valence-corrected chi connectivity index (χ0v) is 17.1. The summed E-state index contributed by atoms with van der Waals surface area (Å²) in [4.78, 5) is 17.6. The summed E-state index contributed by atoms with van der Waals surface area (Å²) in [5, 5.41) is 4.27. The molecule has 5 nitrogen and oxygen atoms in total. The first-order valence-electron chi connectivity index (χ1n) is 10.5. The smallest absolute Gasteiger partial charge is 0.230 e. The molecule has 2 heterocycles. The normalized spacial score (nSPS) is 23.8. The van der Waals surface area contributed by atoms with Gasteiger partial charge in [-0.1, -0.05) is 48.3 Å². The van der Waals surface area contributed by atoms with E-state index < -0.39 is 5.41 Å². The highest BCUT2D eigenvalue weighted by Crippen LogP contribution is 2.39. The maximum absolute atomic E-state index is 13.3. The van der Waals surface area contributed by atoms with Crippen LogP contribution in [0.25, 0.3) is 11.3 Å². The predicted octanol–water partition coefficient (Wildman–Crippen LogP) is 4.00. The molecule has 1 aromatic carbocycles. The molecule has 28 heavy (non-hydrogen) atoms. The number of rotatable bonds is 5. The van der Waals surface area contributed by atoms with Crippen LogP contribution in [0.2, 0.25) is 0 Å². The topological polar surface area (TPSA) is 49.6 Å². The summed E-state index contributed by atoms with van der Waals surface area (Å²) in [5.41, 5.74) is 1.46. The van der Waals surface area contributed by atoms with Gasteiger partial charge in [-0.25, -0.2) is 0 Å². The van der Waals surface area contributed by atoms with E-state index in [9.17, 15) is 4.79 Å². The Hall–Kier alpha value is -2.14. The van der Waals surface area contributed by atoms with Gasteiger partial charge in [-0.3, -0.25) is 9.69 Å². The van der Waals surface area contributed by atoms with Crippen LogP contribution in [0.15, 0.2) is 40.9 Å². The molecule has 1 atom stereocenters. The van der Waals surface area contributed by atoms with Crippen LogP contribution in [0, 0.1) is 5.41 Å². The number of hydrogen-bond acceptors (Lipinski definition) is 4. The summed E-state index contributed by atoms with van der Waals surface area (Å²) in [5.74, 6) is 1.02. The molecule has 1 saturated carbocycles. The number of nitrogens with zero attached hydrogens (tertiary/aromatic N) is 3. The third kappa shape index (κ3) is 3.86. The third-order valence-corrected chi connectivity index (χ3v) is 6.45. The second kappa shape index (κ2) is 8.08. The Labute approximate surface area is 167 Å². The Bertz CT molecular complexity index is 795. The first kappa shape index (κ1) is 19.2. The first-order chi connectivity index (χ1) is 13.6. The van der Waals surface area contributed by atoms with Crippen LogP contribution >= 0.6 is 0 Å². The predicted molar refractivity (Wildman–Crippen MR) is 110 cm³/mol. The molecule has 1 amide bonds. The molecule has 1 saturated heterocycles. The molecular formula is C23H31N3O2. The second-order valence-electron chi connectivity index (χ2n) is 8.71. The lowest BCUT2D eigenvalue weighted by molar-refractivity contribution is -0.144. The van der Waals surface area contributed by atoms with E-state index in [2.05, 4.69) is 10.1 Å². The fourth-order valence-corrected chi connectivity index (χ4v) is 5.09. The molecule has 1 aliphatic heterocycles. The molecule has 1 aromatic heterocycles. The van der Waals surface area contributed by atoms with Crippen LogP contribution in [-0.4, -0.2) is 54.1 Å². The highest BCUT2D eigenvalue weighted by Gasteiger charge is 2.45. The van der Waals surface area contributed by atoms with Crippen molar-refractivity contribution in [3.63, 3.8) is 0 Å². The first-order valence-corrected chi connectivity index (χ1v) is 10.5. The zero-order valence-electron chi connectivity index (χ0n) is 17.1. The van der Waals surface area contributed by atoms with Gasteiger partial charge in [0.2, 0.25) is 5.91 Å². The number of hydrogen-bond donors (Lipinski definition) is 0. The minimum absolute atomic E-state index is 0.216. The average Bonchev–Trinajstić information content (AvgIpc) is 3.40. The van der Waals surface area contributed by atoms with Gasteiger partial charge in [0.1, 0.15) is 11.5 Å². The molecule has 150 valence electrons. The SMILES string of the molecule is CN(C)C(=O)[C@@]1(Cc2cc(-c3ccccc3)no2)CCCN(C2CCCC2)C1. The fraction of sp³-hybridized carbons (Fsp3) is 0.565. The van der Waals surface area contributed by atoms with Gasteiger partial charge in [-0.2, -0.15) is 0 Å². The molecular weight excluding hydrogens is 350 g/mol. The molecule has 2 fully saturated rings. The molecule has 0 radical (unpaired) electrons. The van der Waals surface area contributed by atoms with Gasteiger partial charge in [-0.15, -0.1) is 0 Å². The van der Waals surface area contributed by atoms with Gasteiger partial charge >= 0.3 is 0 Å². The molecule has 0 bridgehead atoms. The van der Waals surface area contributed by atoms with Crippen molar-refractivity contribution in [2.75, 3.05) is 27.2 Å². The van der Waals surface area contributed by atoms with E-state index >= 15 is 0 Å². The van der Waals surface area contributed by atoms with Crippen LogP contribution in [0.5, 0.6) is 0 Å². The molecule has 0 spiro atoms. The van der Waals surface area contributed by atoms with Crippen molar-refractivity contribution in [1.29, 1.82) is 0 Å². The summed E-state index contributed by atoms with van der Waals surface area (Å²) < 4.78 is 5.70. The van der Waals surface area contributed by atoms with Crippen LogP contribution in [0.3, 0.4) is 0 Å². The number of amides is 1. The van der Waals surface area contributed by atoms with Crippen LogP contribution in [0.4, 0.5) is 0 Å². The summed E-state index contributed by atoms with van der Waals surface area (Å²) in [6, 6.07) is 12.7. The summed E-state index contributed by atoms with van der Waals surface area (Å²) in [7, 11) is 3.74. The lowest BCUT2D eigenvalue weighted by atomic mass is 9.74. The monoisotopic (exact) mass is 381 g/mol. The lowest BCUT2D eigenvalue weighted by Crippen LogP contribution is -2.54. The molecule has 5 heteroatoms. The Morgan fingerprint density at radius 2 is 1.96 bits per heavy atom. The van der Waals surface area contributed by atoms with E-state index in [-0.39, 0.29) is 5.91 Å². The molecule has 0 N–H and O–H groups in total. The van der Waals surface area contributed by atoms with Crippen molar-refractivity contribution >= 4 is 5.91 Å². The average molecular weight is 382 g/mol. The van der Waals surface area contributed by atoms with E-state index in [1.807, 2.05) is 50.5 Å². The second-order valence-corrected chi connectivity index (χ2v) is 8.71. The van der Waals surface area contributed by atoms with Crippen molar-refractivity contribution in [2.45, 2.75) is 51.0 Å². The molecule has 0 unspecified atom stereocenters. The summed E-state index contributed by atoms with van der Waals surface area (Å²) >= 11 is 0. The summed E-state index contributed by atoms with van der Waals surface area (Å²) in [6.45, 7) is 1.94. The van der Waals surface area contributed by atoms with Crippen molar-refractivity contribution in [1.82, 2.24) is 15.0 Å². The number of carbonyl (C=O) groups excluding carboxylic acids is 1. The van der Waals surface area contributed by atoms with Gasteiger partial charge in [-0.05, 0) is 32.2 Å². The van der Waals surface area contributed by atoms with Crippen molar-refractivity contribution < 1.29 is 9.32 Å². The zero-order chi connectivity index (χ0) is 19.6. The van der Waals surface area contributed by atoms with Crippen LogP contribution in [0.1, 0.15) is 44.3 Å². The van der Waals surface area contributed by atoms with Gasteiger partial charge in [0.05, 0.1) is 5.41 Å². The summed E-state index contributed by atoms with van der Waals surface area (Å²) in [6.07, 6.45) is 7.77. The Morgan fingerprint density at radius 3 is 2.68 bits per heavy atom. The Morgan fingerprint density at radius 1 is 1.21 bits per heavy atom. The highest BCUT2D eigenvalue weighted by atomic mass is 16.5. The fourth-order valence-electron chi connectivity index (χ4n) is 5.09. The van der Waals surface area contributed by atoms with E-state index in [1.54, 1.807) is 4.90 Å². The lowest BCUT2D eigenvalue weighted by Gasteiger charge is -2.44. The van der Waals surface area contributed by atoms with E-state index in [0.717, 1.165) is 42.9 Å². The molecule has 2 aliphatic rings. The largest absolute Gasteiger partial charge is 0.361 e. The number of benzene rings is 1. The van der Waals surface area contributed by atoms with Gasteiger partial charge < -0.3 is 9.42 Å². The maximum Gasteiger partial charge on any atom is 0.230 e. The third-order valence-electron chi connectivity index (χ3n) is 6.45. The number of carbonyl (C=O) groups is 1. The molecule has 1 aliphatic carbocycles. The minimum atomic E-state index is -0.419. The van der Waals surface area contributed by atoms with Gasteiger partial charge in [0, 0.05) is 44.7 Å². The van der Waals surface area contributed by atoms with Crippen molar-refractivity contribution in [3.05, 3.63) is 42.2 Å². The van der Waals surface area contributed by atoms with Crippen LogP contribution in [-0.2, 0) is 11.2 Å². The van der Waals surface area contributed by atoms with Crippen molar-refractivity contribution in [3.8, 4) is 11.3 Å². The number of likely N-dealkylation sites (tertiary alicyclic amines) is 1. The Kier molecular flexibility index (Phi) is 5.54. The quantitative estimate of drug-likeness (QED) is 0.786. The van der Waals surface area contributed by atoms with E-state index in [4.69, 9.17) is 4.52 Å². The van der Waals surface area contributed by atoms with E-state index in [0.29, 0.717) is 12.5 Å². The maximum atomic E-state index is 13.3. The number of aromatic nitrogens is 1. The van der Waals surface area contributed by atoms with Gasteiger partial charge in [0.15, 0.2) is 0 Å². The molecule has 2 aromatic rings. The number of piperidine rings is 1. The minimum Gasteiger partial charge on any atom is -0.361 e.